The number of morpholine rings is 1. The van der Waals surface area contributed by atoms with Crippen LogP contribution in [0.25, 0.3) is 0 Å². The van der Waals surface area contributed by atoms with Gasteiger partial charge in [0.15, 0.2) is 0 Å². The Labute approximate surface area is 112 Å². The molecule has 2 N–H and O–H groups in total. The molecule has 3 heteroatoms. The van der Waals surface area contributed by atoms with Crippen LogP contribution in [0.2, 0.25) is 0 Å². The zero-order chi connectivity index (χ0) is 13.2. The van der Waals surface area contributed by atoms with E-state index in [2.05, 4.69) is 25.7 Å². The first-order valence-electron chi connectivity index (χ1n) is 7.69. The highest BCUT2D eigenvalue weighted by Gasteiger charge is 2.42. The first-order chi connectivity index (χ1) is 8.61. The quantitative estimate of drug-likeness (QED) is 0.840. The molecular formula is C15H30N2O. The summed E-state index contributed by atoms with van der Waals surface area (Å²) < 4.78 is 5.76. The van der Waals surface area contributed by atoms with Gasteiger partial charge in [0.2, 0.25) is 0 Å². The third kappa shape index (κ3) is 2.73. The first kappa shape index (κ1) is 14.3. The van der Waals surface area contributed by atoms with Gasteiger partial charge in [0.05, 0.1) is 12.7 Å². The second-order valence-corrected chi connectivity index (χ2v) is 6.43. The Balaban J connectivity index is 2.07. The molecule has 0 spiro atoms. The van der Waals surface area contributed by atoms with Crippen LogP contribution in [0.1, 0.15) is 52.9 Å². The Morgan fingerprint density at radius 1 is 1.28 bits per heavy atom. The molecule has 2 fully saturated rings. The topological polar surface area (TPSA) is 38.5 Å². The molecule has 106 valence electrons. The molecule has 0 radical (unpaired) electrons. The van der Waals surface area contributed by atoms with Gasteiger partial charge >= 0.3 is 0 Å². The highest BCUT2D eigenvalue weighted by molar-refractivity contribution is 4.99. The Bertz CT molecular complexity index is 261. The molecule has 0 aromatic heterocycles. The molecule has 0 aromatic carbocycles. The summed E-state index contributed by atoms with van der Waals surface area (Å²) in [5, 5.41) is 0. The van der Waals surface area contributed by atoms with Gasteiger partial charge < -0.3 is 10.5 Å². The second-order valence-electron chi connectivity index (χ2n) is 6.43. The third-order valence-electron chi connectivity index (χ3n) is 5.21. The maximum Gasteiger partial charge on any atom is 0.0675 e. The molecule has 1 aliphatic heterocycles. The van der Waals surface area contributed by atoms with Crippen molar-refractivity contribution in [1.29, 1.82) is 0 Å². The van der Waals surface area contributed by atoms with Gasteiger partial charge in [-0.3, -0.25) is 4.90 Å². The number of nitrogens with zero attached hydrogens (tertiary/aromatic N) is 1. The highest BCUT2D eigenvalue weighted by Crippen LogP contribution is 2.39. The Kier molecular flexibility index (Phi) is 4.68. The van der Waals surface area contributed by atoms with Gasteiger partial charge in [-0.25, -0.2) is 0 Å². The van der Waals surface area contributed by atoms with Crippen molar-refractivity contribution in [1.82, 2.24) is 4.90 Å². The van der Waals surface area contributed by atoms with Crippen LogP contribution in [0.3, 0.4) is 0 Å². The Morgan fingerprint density at radius 2 is 1.94 bits per heavy atom. The van der Waals surface area contributed by atoms with Crippen molar-refractivity contribution in [2.24, 2.45) is 11.7 Å². The zero-order valence-corrected chi connectivity index (χ0v) is 12.3. The SMILES string of the molecule is CCC1CCC(CN)(N2CC(C)OCC2C)CC1. The largest absolute Gasteiger partial charge is 0.376 e. The van der Waals surface area contributed by atoms with Crippen LogP contribution in [-0.4, -0.2) is 42.3 Å². The molecule has 1 saturated carbocycles. The summed E-state index contributed by atoms with van der Waals surface area (Å²) in [6.45, 7) is 9.51. The van der Waals surface area contributed by atoms with Gasteiger partial charge in [-0.05, 0) is 45.4 Å². The number of nitrogens with two attached hydrogens (primary N) is 1. The van der Waals surface area contributed by atoms with Crippen LogP contribution in [0.5, 0.6) is 0 Å². The lowest BCUT2D eigenvalue weighted by Gasteiger charge is -2.52. The van der Waals surface area contributed by atoms with Crippen LogP contribution < -0.4 is 5.73 Å². The number of rotatable bonds is 3. The van der Waals surface area contributed by atoms with E-state index in [1.165, 1.54) is 32.1 Å². The summed E-state index contributed by atoms with van der Waals surface area (Å²) in [4.78, 5) is 2.66. The minimum atomic E-state index is 0.253. The second kappa shape index (κ2) is 5.89. The highest BCUT2D eigenvalue weighted by atomic mass is 16.5. The maximum atomic E-state index is 6.18. The van der Waals surface area contributed by atoms with Crippen molar-refractivity contribution < 1.29 is 4.74 Å². The van der Waals surface area contributed by atoms with Crippen molar-refractivity contribution in [3.05, 3.63) is 0 Å². The van der Waals surface area contributed by atoms with E-state index in [0.29, 0.717) is 12.1 Å². The average molecular weight is 254 g/mol. The van der Waals surface area contributed by atoms with E-state index >= 15 is 0 Å². The molecule has 3 nitrogen and oxygen atoms in total. The molecule has 1 aliphatic carbocycles. The fourth-order valence-electron chi connectivity index (χ4n) is 3.80. The summed E-state index contributed by atoms with van der Waals surface area (Å²) in [5.74, 6) is 0.929. The normalized spacial score (nSPS) is 43.0. The molecular weight excluding hydrogens is 224 g/mol. The molecule has 0 bridgehead atoms. The van der Waals surface area contributed by atoms with E-state index in [9.17, 15) is 0 Å². The maximum absolute atomic E-state index is 6.18. The van der Waals surface area contributed by atoms with Crippen LogP contribution in [-0.2, 0) is 4.74 Å². The minimum absolute atomic E-state index is 0.253. The molecule has 2 atom stereocenters. The number of hydrogen-bond acceptors (Lipinski definition) is 3. The van der Waals surface area contributed by atoms with E-state index < -0.39 is 0 Å². The lowest BCUT2D eigenvalue weighted by atomic mass is 9.74. The van der Waals surface area contributed by atoms with E-state index in [1.807, 2.05) is 0 Å². The van der Waals surface area contributed by atoms with Crippen LogP contribution in [0.4, 0.5) is 0 Å². The summed E-state index contributed by atoms with van der Waals surface area (Å²) >= 11 is 0. The Hall–Kier alpha value is -0.120. The van der Waals surface area contributed by atoms with Crippen molar-refractivity contribution >= 4 is 0 Å². The predicted octanol–water partition coefficient (Wildman–Crippen LogP) is 2.39. The summed E-state index contributed by atoms with van der Waals surface area (Å²) in [7, 11) is 0. The molecule has 2 aliphatic rings. The van der Waals surface area contributed by atoms with Crippen molar-refractivity contribution in [2.45, 2.75) is 70.6 Å². The zero-order valence-electron chi connectivity index (χ0n) is 12.3. The monoisotopic (exact) mass is 254 g/mol. The fraction of sp³-hybridized carbons (Fsp3) is 1.00. The van der Waals surface area contributed by atoms with Gasteiger partial charge in [0.25, 0.3) is 0 Å². The Morgan fingerprint density at radius 3 is 2.50 bits per heavy atom. The van der Waals surface area contributed by atoms with E-state index in [1.54, 1.807) is 0 Å². The molecule has 2 rings (SSSR count). The van der Waals surface area contributed by atoms with Crippen molar-refractivity contribution in [2.75, 3.05) is 19.7 Å². The minimum Gasteiger partial charge on any atom is -0.376 e. The molecule has 1 saturated heterocycles. The lowest BCUT2D eigenvalue weighted by molar-refractivity contribution is -0.104. The number of hydrogen-bond donors (Lipinski definition) is 1. The van der Waals surface area contributed by atoms with Gasteiger partial charge in [-0.15, -0.1) is 0 Å². The van der Waals surface area contributed by atoms with Gasteiger partial charge in [0.1, 0.15) is 0 Å². The van der Waals surface area contributed by atoms with Gasteiger partial charge in [0, 0.05) is 24.7 Å². The third-order valence-corrected chi connectivity index (χ3v) is 5.21. The molecule has 0 amide bonds. The van der Waals surface area contributed by atoms with Gasteiger partial charge in [-0.2, -0.15) is 0 Å². The molecule has 1 heterocycles. The standard InChI is InChI=1S/C15H30N2O/c1-4-14-5-7-15(11-16,8-6-14)17-9-13(3)18-10-12(17)2/h12-14H,4-11,16H2,1-3H3. The van der Waals surface area contributed by atoms with E-state index in [-0.39, 0.29) is 5.54 Å². The smallest absolute Gasteiger partial charge is 0.0675 e. The van der Waals surface area contributed by atoms with Gasteiger partial charge in [-0.1, -0.05) is 13.3 Å². The first-order valence-corrected chi connectivity index (χ1v) is 7.69. The predicted molar refractivity (Wildman–Crippen MR) is 75.6 cm³/mol. The van der Waals surface area contributed by atoms with Crippen LogP contribution >= 0.6 is 0 Å². The van der Waals surface area contributed by atoms with E-state index in [4.69, 9.17) is 10.5 Å². The summed E-state index contributed by atoms with van der Waals surface area (Å²) in [5.41, 5.74) is 6.43. The van der Waals surface area contributed by atoms with Crippen molar-refractivity contribution in [3.63, 3.8) is 0 Å². The van der Waals surface area contributed by atoms with Crippen LogP contribution in [0, 0.1) is 5.92 Å². The van der Waals surface area contributed by atoms with Crippen LogP contribution in [0.15, 0.2) is 0 Å². The number of ether oxygens (including phenoxy) is 1. The summed E-state index contributed by atoms with van der Waals surface area (Å²) in [6, 6.07) is 0.517. The average Bonchev–Trinajstić information content (AvgIpc) is 2.41. The fourth-order valence-corrected chi connectivity index (χ4v) is 3.80. The molecule has 0 aromatic rings. The van der Waals surface area contributed by atoms with Crippen molar-refractivity contribution in [3.8, 4) is 0 Å². The molecule has 18 heavy (non-hydrogen) atoms. The van der Waals surface area contributed by atoms with E-state index in [0.717, 1.165) is 25.6 Å². The lowest BCUT2D eigenvalue weighted by Crippen LogP contribution is -2.63. The summed E-state index contributed by atoms with van der Waals surface area (Å²) in [6.07, 6.45) is 6.94. The molecule has 2 unspecified atom stereocenters.